The monoisotopic (exact) mass is 294 g/mol. The maximum atomic E-state index is 12.3. The van der Waals surface area contributed by atoms with Crippen LogP contribution in [0.4, 0.5) is 0 Å². The molecule has 1 aromatic heterocycles. The molecule has 0 aliphatic carbocycles. The van der Waals surface area contributed by atoms with Gasteiger partial charge in [0.15, 0.2) is 0 Å². The van der Waals surface area contributed by atoms with Gasteiger partial charge >= 0.3 is 0 Å². The number of piperidine rings is 1. The lowest BCUT2D eigenvalue weighted by Gasteiger charge is -2.36. The molecule has 110 valence electrons. The topological polar surface area (TPSA) is 32.8 Å². The number of thiophene rings is 1. The molecule has 2 aliphatic rings. The van der Waals surface area contributed by atoms with Crippen molar-refractivity contribution in [2.75, 3.05) is 33.3 Å². The van der Waals surface area contributed by atoms with E-state index in [0.717, 1.165) is 50.3 Å². The van der Waals surface area contributed by atoms with E-state index in [9.17, 15) is 4.79 Å². The van der Waals surface area contributed by atoms with Gasteiger partial charge in [-0.05, 0) is 30.7 Å². The molecule has 1 unspecified atom stereocenters. The summed E-state index contributed by atoms with van der Waals surface area (Å²) in [5.74, 6) is 0.203. The van der Waals surface area contributed by atoms with Crippen molar-refractivity contribution in [2.45, 2.75) is 31.4 Å². The van der Waals surface area contributed by atoms with Gasteiger partial charge in [0, 0.05) is 39.3 Å². The third-order valence-electron chi connectivity index (χ3n) is 4.51. The van der Waals surface area contributed by atoms with Crippen LogP contribution in [0.15, 0.2) is 17.5 Å². The van der Waals surface area contributed by atoms with Crippen molar-refractivity contribution in [3.63, 3.8) is 0 Å². The van der Waals surface area contributed by atoms with Crippen LogP contribution in [0.3, 0.4) is 0 Å². The van der Waals surface area contributed by atoms with Crippen LogP contribution < -0.4 is 0 Å². The molecule has 0 saturated carbocycles. The van der Waals surface area contributed by atoms with Gasteiger partial charge in [0.1, 0.15) is 0 Å². The third kappa shape index (κ3) is 2.90. The van der Waals surface area contributed by atoms with Gasteiger partial charge in [-0.15, -0.1) is 11.3 Å². The van der Waals surface area contributed by atoms with E-state index < -0.39 is 0 Å². The molecule has 1 amide bonds. The lowest BCUT2D eigenvalue weighted by atomic mass is 10.0. The lowest BCUT2D eigenvalue weighted by molar-refractivity contribution is 0.0607. The molecule has 4 nitrogen and oxygen atoms in total. The van der Waals surface area contributed by atoms with Crippen LogP contribution in [-0.2, 0) is 4.74 Å². The summed E-state index contributed by atoms with van der Waals surface area (Å²) in [5.41, 5.74) is 0. The average Bonchev–Trinajstić information content (AvgIpc) is 3.18. The Morgan fingerprint density at radius 3 is 2.70 bits per heavy atom. The summed E-state index contributed by atoms with van der Waals surface area (Å²) in [6.07, 6.45) is 3.73. The first-order valence-electron chi connectivity index (χ1n) is 7.37. The molecule has 0 N–H and O–H groups in total. The van der Waals surface area contributed by atoms with E-state index in [1.807, 2.05) is 22.4 Å². The quantitative estimate of drug-likeness (QED) is 0.855. The number of ether oxygens (including phenoxy) is 1. The molecule has 0 aromatic carbocycles. The van der Waals surface area contributed by atoms with Crippen LogP contribution in [0.25, 0.3) is 0 Å². The van der Waals surface area contributed by atoms with Crippen LogP contribution in [-0.4, -0.2) is 61.1 Å². The minimum Gasteiger partial charge on any atom is -0.380 e. The Labute approximate surface area is 124 Å². The second-order valence-electron chi connectivity index (χ2n) is 5.64. The summed E-state index contributed by atoms with van der Waals surface area (Å²) in [7, 11) is 1.80. The highest BCUT2D eigenvalue weighted by Crippen LogP contribution is 2.24. The summed E-state index contributed by atoms with van der Waals surface area (Å²) in [6, 6.07) is 4.49. The van der Waals surface area contributed by atoms with Gasteiger partial charge < -0.3 is 9.64 Å². The van der Waals surface area contributed by atoms with Crippen molar-refractivity contribution in [3.05, 3.63) is 22.4 Å². The van der Waals surface area contributed by atoms with Crippen LogP contribution in [0.2, 0.25) is 0 Å². The Morgan fingerprint density at radius 1 is 1.30 bits per heavy atom. The fourth-order valence-corrected chi connectivity index (χ4v) is 3.96. The van der Waals surface area contributed by atoms with E-state index in [1.54, 1.807) is 7.11 Å². The maximum Gasteiger partial charge on any atom is 0.263 e. The van der Waals surface area contributed by atoms with Gasteiger partial charge in [0.05, 0.1) is 11.0 Å². The Kier molecular flexibility index (Phi) is 4.38. The summed E-state index contributed by atoms with van der Waals surface area (Å²) in [4.78, 5) is 17.7. The Balaban J connectivity index is 1.51. The molecule has 5 heteroatoms. The first-order valence-corrected chi connectivity index (χ1v) is 8.25. The molecular formula is C15H22N2O2S. The summed E-state index contributed by atoms with van der Waals surface area (Å²) >= 11 is 1.54. The minimum absolute atomic E-state index is 0.203. The number of carbonyl (C=O) groups excluding carboxylic acids is 1. The molecule has 20 heavy (non-hydrogen) atoms. The summed E-state index contributed by atoms with van der Waals surface area (Å²) in [6.45, 7) is 3.97. The van der Waals surface area contributed by atoms with Crippen LogP contribution >= 0.6 is 11.3 Å². The Hall–Kier alpha value is -0.910. The molecule has 2 fully saturated rings. The highest BCUT2D eigenvalue weighted by molar-refractivity contribution is 7.12. The highest BCUT2D eigenvalue weighted by Gasteiger charge is 2.32. The van der Waals surface area contributed by atoms with Gasteiger partial charge in [-0.2, -0.15) is 0 Å². The highest BCUT2D eigenvalue weighted by atomic mass is 32.1. The molecule has 0 bridgehead atoms. The number of amides is 1. The first-order chi connectivity index (χ1) is 9.78. The smallest absolute Gasteiger partial charge is 0.263 e. The maximum absolute atomic E-state index is 12.3. The minimum atomic E-state index is 0.203. The number of carbonyl (C=O) groups is 1. The van der Waals surface area contributed by atoms with Gasteiger partial charge in [-0.25, -0.2) is 0 Å². The number of methoxy groups -OCH3 is 1. The van der Waals surface area contributed by atoms with Gasteiger partial charge in [-0.1, -0.05) is 6.07 Å². The summed E-state index contributed by atoms with van der Waals surface area (Å²) in [5, 5.41) is 1.97. The molecular weight excluding hydrogens is 272 g/mol. The second-order valence-corrected chi connectivity index (χ2v) is 6.59. The second kappa shape index (κ2) is 6.24. The molecule has 3 rings (SSSR count). The number of hydrogen-bond acceptors (Lipinski definition) is 4. The van der Waals surface area contributed by atoms with Crippen LogP contribution in [0.1, 0.15) is 28.9 Å². The number of nitrogens with zero attached hydrogens (tertiary/aromatic N) is 2. The molecule has 3 heterocycles. The van der Waals surface area contributed by atoms with Crippen molar-refractivity contribution < 1.29 is 9.53 Å². The molecule has 0 radical (unpaired) electrons. The Morgan fingerprint density at radius 2 is 2.10 bits per heavy atom. The SMILES string of the molecule is COC1CCN(C2CCN(C(=O)c3cccs3)CC2)C1. The average molecular weight is 294 g/mol. The molecule has 2 aliphatic heterocycles. The van der Waals surface area contributed by atoms with Crippen molar-refractivity contribution in [1.82, 2.24) is 9.80 Å². The largest absolute Gasteiger partial charge is 0.380 e. The van der Waals surface area contributed by atoms with E-state index in [-0.39, 0.29) is 5.91 Å². The van der Waals surface area contributed by atoms with E-state index in [4.69, 9.17) is 4.74 Å². The third-order valence-corrected chi connectivity index (χ3v) is 5.37. The zero-order valence-electron chi connectivity index (χ0n) is 12.0. The van der Waals surface area contributed by atoms with E-state index in [2.05, 4.69) is 4.90 Å². The zero-order chi connectivity index (χ0) is 13.9. The fourth-order valence-electron chi connectivity index (χ4n) is 3.27. The molecule has 1 atom stereocenters. The first kappa shape index (κ1) is 14.0. The standard InChI is InChI=1S/C15H22N2O2S/c1-19-13-6-9-17(11-13)12-4-7-16(8-5-12)15(18)14-3-2-10-20-14/h2-3,10,12-13H,4-9,11H2,1H3. The Bertz CT molecular complexity index is 441. The van der Waals surface area contributed by atoms with Gasteiger partial charge in [-0.3, -0.25) is 9.69 Å². The summed E-state index contributed by atoms with van der Waals surface area (Å²) < 4.78 is 5.44. The van der Waals surface area contributed by atoms with Crippen molar-refractivity contribution in [1.29, 1.82) is 0 Å². The van der Waals surface area contributed by atoms with E-state index >= 15 is 0 Å². The van der Waals surface area contributed by atoms with Gasteiger partial charge in [0.2, 0.25) is 0 Å². The number of hydrogen-bond donors (Lipinski definition) is 0. The predicted octanol–water partition coefficient (Wildman–Crippen LogP) is 2.07. The lowest BCUT2D eigenvalue weighted by Crippen LogP contribution is -2.46. The normalized spacial score (nSPS) is 25.2. The van der Waals surface area contributed by atoms with Crippen molar-refractivity contribution in [3.8, 4) is 0 Å². The molecule has 1 aromatic rings. The molecule has 0 spiro atoms. The van der Waals surface area contributed by atoms with Gasteiger partial charge in [0.25, 0.3) is 5.91 Å². The van der Waals surface area contributed by atoms with Crippen LogP contribution in [0, 0.1) is 0 Å². The fraction of sp³-hybridized carbons (Fsp3) is 0.667. The van der Waals surface area contributed by atoms with Crippen molar-refractivity contribution >= 4 is 17.2 Å². The molecule has 2 saturated heterocycles. The predicted molar refractivity (Wildman–Crippen MR) is 80.2 cm³/mol. The van der Waals surface area contributed by atoms with E-state index in [1.165, 1.54) is 11.3 Å². The number of likely N-dealkylation sites (tertiary alicyclic amines) is 2. The van der Waals surface area contributed by atoms with Crippen LogP contribution in [0.5, 0.6) is 0 Å². The zero-order valence-corrected chi connectivity index (χ0v) is 12.8. The van der Waals surface area contributed by atoms with Crippen molar-refractivity contribution in [2.24, 2.45) is 0 Å². The number of rotatable bonds is 3. The van der Waals surface area contributed by atoms with E-state index in [0.29, 0.717) is 12.1 Å².